The molecule has 0 fully saturated rings. The van der Waals surface area contributed by atoms with Crippen molar-refractivity contribution in [2.24, 2.45) is 0 Å². The van der Waals surface area contributed by atoms with Crippen molar-refractivity contribution < 1.29 is 4.39 Å². The minimum atomic E-state index is -0.584. The second-order valence-corrected chi connectivity index (χ2v) is 4.27. The number of nitriles is 1. The molecule has 102 valence electrons. The van der Waals surface area contributed by atoms with Crippen LogP contribution >= 0.6 is 0 Å². The van der Waals surface area contributed by atoms with Crippen molar-refractivity contribution in [1.82, 2.24) is 9.97 Å². The zero-order valence-corrected chi connectivity index (χ0v) is 10.9. The molecule has 0 spiro atoms. The number of aromatic amines is 1. The molecule has 20 heavy (non-hydrogen) atoms. The number of benzene rings is 1. The maximum atomic E-state index is 13.2. The number of rotatable bonds is 4. The summed E-state index contributed by atoms with van der Waals surface area (Å²) >= 11 is 0. The number of nitrogens with one attached hydrogen (secondary N) is 2. The molecule has 0 bridgehead atoms. The molecule has 1 heterocycles. The summed E-state index contributed by atoms with van der Waals surface area (Å²) in [4.78, 5) is 18.3. The molecule has 2 rings (SSSR count). The first-order valence-electron chi connectivity index (χ1n) is 6.19. The maximum absolute atomic E-state index is 13.2. The quantitative estimate of drug-likeness (QED) is 0.895. The van der Waals surface area contributed by atoms with E-state index in [1.165, 1.54) is 24.3 Å². The van der Waals surface area contributed by atoms with Gasteiger partial charge in [0.25, 0.3) is 5.56 Å². The van der Waals surface area contributed by atoms with E-state index >= 15 is 0 Å². The Kier molecular flexibility index (Phi) is 4.11. The Morgan fingerprint density at radius 3 is 2.95 bits per heavy atom. The van der Waals surface area contributed by atoms with Gasteiger partial charge in [-0.1, -0.05) is 13.3 Å². The van der Waals surface area contributed by atoms with Gasteiger partial charge in [0.1, 0.15) is 11.9 Å². The predicted octanol–water partition coefficient (Wildman–Crippen LogP) is 2.48. The normalized spacial score (nSPS) is 10.1. The summed E-state index contributed by atoms with van der Waals surface area (Å²) in [5, 5.41) is 11.6. The van der Waals surface area contributed by atoms with Crippen LogP contribution in [0.1, 0.15) is 24.6 Å². The summed E-state index contributed by atoms with van der Waals surface area (Å²) in [6.45, 7) is 2.00. The molecule has 1 aromatic carbocycles. The molecule has 0 saturated heterocycles. The van der Waals surface area contributed by atoms with E-state index in [0.29, 0.717) is 17.8 Å². The number of halogens is 1. The lowest BCUT2D eigenvalue weighted by Crippen LogP contribution is -2.12. The molecule has 0 aliphatic carbocycles. The lowest BCUT2D eigenvalue weighted by atomic mass is 10.2. The van der Waals surface area contributed by atoms with Gasteiger partial charge in [-0.25, -0.2) is 9.37 Å². The summed E-state index contributed by atoms with van der Waals surface area (Å²) in [7, 11) is 0. The minimum Gasteiger partial charge on any atom is -0.326 e. The van der Waals surface area contributed by atoms with Gasteiger partial charge in [0.2, 0.25) is 5.95 Å². The molecule has 0 aliphatic heterocycles. The van der Waals surface area contributed by atoms with Gasteiger partial charge in [-0.3, -0.25) is 9.78 Å². The molecule has 0 radical (unpaired) electrons. The van der Waals surface area contributed by atoms with Crippen LogP contribution in [0.15, 0.2) is 29.1 Å². The zero-order valence-electron chi connectivity index (χ0n) is 10.9. The number of anilines is 2. The van der Waals surface area contributed by atoms with Crippen molar-refractivity contribution in [2.45, 2.75) is 19.8 Å². The van der Waals surface area contributed by atoms with Crippen LogP contribution in [-0.2, 0) is 6.42 Å². The highest BCUT2D eigenvalue weighted by atomic mass is 19.1. The molecule has 0 amide bonds. The Morgan fingerprint density at radius 1 is 1.45 bits per heavy atom. The van der Waals surface area contributed by atoms with Crippen LogP contribution in [0.5, 0.6) is 0 Å². The molecular weight excluding hydrogens is 259 g/mol. The van der Waals surface area contributed by atoms with Crippen LogP contribution in [0, 0.1) is 17.1 Å². The van der Waals surface area contributed by atoms with Crippen LogP contribution in [0.2, 0.25) is 0 Å². The zero-order chi connectivity index (χ0) is 14.5. The molecule has 0 aliphatic rings. The number of hydrogen-bond acceptors (Lipinski definition) is 4. The van der Waals surface area contributed by atoms with E-state index in [0.717, 1.165) is 6.42 Å². The van der Waals surface area contributed by atoms with E-state index < -0.39 is 5.82 Å². The van der Waals surface area contributed by atoms with Crippen molar-refractivity contribution in [3.63, 3.8) is 0 Å². The van der Waals surface area contributed by atoms with E-state index in [4.69, 9.17) is 5.26 Å². The fourth-order valence-electron chi connectivity index (χ4n) is 1.78. The minimum absolute atomic E-state index is 0.0675. The predicted molar refractivity (Wildman–Crippen MR) is 73.3 cm³/mol. The lowest BCUT2D eigenvalue weighted by molar-refractivity contribution is 0.624. The van der Waals surface area contributed by atoms with E-state index in [1.807, 2.05) is 6.92 Å². The molecule has 0 unspecified atom stereocenters. The summed E-state index contributed by atoms with van der Waals surface area (Å²) in [6, 6.07) is 7.23. The van der Waals surface area contributed by atoms with Crippen molar-refractivity contribution in [2.75, 3.05) is 5.32 Å². The van der Waals surface area contributed by atoms with Gasteiger partial charge in [-0.2, -0.15) is 5.26 Å². The number of hydrogen-bond donors (Lipinski definition) is 2. The Labute approximate surface area is 115 Å². The van der Waals surface area contributed by atoms with E-state index in [9.17, 15) is 9.18 Å². The second-order valence-electron chi connectivity index (χ2n) is 4.27. The SMILES string of the molecule is CCCc1cc(=O)[nH]c(Nc2ccc(F)c(C#N)c2)n1. The first-order valence-corrected chi connectivity index (χ1v) is 6.19. The van der Waals surface area contributed by atoms with Crippen LogP contribution in [0.4, 0.5) is 16.0 Å². The standard InChI is InChI=1S/C14H13FN4O/c1-2-3-10-7-13(20)19-14(17-10)18-11-4-5-12(15)9(6-11)8-16/h4-7H,2-3H2,1H3,(H2,17,18,19,20). The van der Waals surface area contributed by atoms with Crippen LogP contribution in [0.25, 0.3) is 0 Å². The molecule has 2 N–H and O–H groups in total. The second kappa shape index (κ2) is 5.97. The topological polar surface area (TPSA) is 81.6 Å². The molecule has 0 atom stereocenters. The van der Waals surface area contributed by atoms with Gasteiger partial charge < -0.3 is 5.32 Å². The van der Waals surface area contributed by atoms with Gasteiger partial charge in [-0.05, 0) is 24.6 Å². The van der Waals surface area contributed by atoms with E-state index in [2.05, 4.69) is 15.3 Å². The smallest absolute Gasteiger partial charge is 0.252 e. The molecule has 1 aromatic heterocycles. The van der Waals surface area contributed by atoms with Crippen LogP contribution in [-0.4, -0.2) is 9.97 Å². The Morgan fingerprint density at radius 2 is 2.25 bits per heavy atom. The largest absolute Gasteiger partial charge is 0.326 e. The van der Waals surface area contributed by atoms with Gasteiger partial charge in [0.15, 0.2) is 0 Å². The summed E-state index contributed by atoms with van der Waals surface area (Å²) < 4.78 is 13.2. The number of aromatic nitrogens is 2. The van der Waals surface area contributed by atoms with Crippen molar-refractivity contribution in [3.05, 3.63) is 51.7 Å². The highest BCUT2D eigenvalue weighted by Crippen LogP contribution is 2.16. The van der Waals surface area contributed by atoms with Gasteiger partial charge in [-0.15, -0.1) is 0 Å². The van der Waals surface area contributed by atoms with Gasteiger partial charge >= 0.3 is 0 Å². The monoisotopic (exact) mass is 272 g/mol. The van der Waals surface area contributed by atoms with Gasteiger partial charge in [0.05, 0.1) is 5.56 Å². The highest BCUT2D eigenvalue weighted by Gasteiger charge is 2.05. The van der Waals surface area contributed by atoms with Crippen molar-refractivity contribution in [1.29, 1.82) is 5.26 Å². The third kappa shape index (κ3) is 3.20. The van der Waals surface area contributed by atoms with Crippen LogP contribution < -0.4 is 10.9 Å². The third-order valence-electron chi connectivity index (χ3n) is 2.65. The van der Waals surface area contributed by atoms with Crippen molar-refractivity contribution in [3.8, 4) is 6.07 Å². The summed E-state index contributed by atoms with van der Waals surface area (Å²) in [5.41, 5.74) is 0.844. The number of aryl methyl sites for hydroxylation is 1. The molecule has 5 nitrogen and oxygen atoms in total. The number of nitrogens with zero attached hydrogens (tertiary/aromatic N) is 2. The molecular formula is C14H13FN4O. The molecule has 6 heteroatoms. The Balaban J connectivity index is 2.30. The first kappa shape index (κ1) is 13.7. The van der Waals surface area contributed by atoms with E-state index in [-0.39, 0.29) is 17.1 Å². The fourth-order valence-corrected chi connectivity index (χ4v) is 1.78. The lowest BCUT2D eigenvalue weighted by Gasteiger charge is -2.07. The average Bonchev–Trinajstić information content (AvgIpc) is 2.40. The Bertz CT molecular complexity index is 718. The highest BCUT2D eigenvalue weighted by molar-refractivity contribution is 5.56. The summed E-state index contributed by atoms with van der Waals surface area (Å²) in [5.74, 6) is -0.310. The third-order valence-corrected chi connectivity index (χ3v) is 2.65. The van der Waals surface area contributed by atoms with Gasteiger partial charge in [0, 0.05) is 17.4 Å². The van der Waals surface area contributed by atoms with Crippen molar-refractivity contribution >= 4 is 11.6 Å². The van der Waals surface area contributed by atoms with E-state index in [1.54, 1.807) is 6.07 Å². The first-order chi connectivity index (χ1) is 9.62. The summed E-state index contributed by atoms with van der Waals surface area (Å²) in [6.07, 6.45) is 1.58. The average molecular weight is 272 g/mol. The van der Waals surface area contributed by atoms with Crippen LogP contribution in [0.3, 0.4) is 0 Å². The molecule has 2 aromatic rings. The fraction of sp³-hybridized carbons (Fsp3) is 0.214. The maximum Gasteiger partial charge on any atom is 0.252 e. The number of H-pyrrole nitrogens is 1. The Hall–Kier alpha value is -2.68. The molecule has 0 saturated carbocycles.